The first kappa shape index (κ1) is 14.3. The molecule has 1 heterocycles. The number of carbonyl (C=O) groups excluding carboxylic acids is 2. The predicted octanol–water partition coefficient (Wildman–Crippen LogP) is 3.54. The molecule has 0 saturated heterocycles. The number of hydrogen-bond donors (Lipinski definition) is 1. The number of hydrogen-bond acceptors (Lipinski definition) is 3. The number of carbonyl (C=O) groups is 2. The number of rotatable bonds is 3. The Hall–Kier alpha value is -2.62. The van der Waals surface area contributed by atoms with Crippen molar-refractivity contribution in [2.24, 2.45) is 0 Å². The van der Waals surface area contributed by atoms with Gasteiger partial charge in [0, 0.05) is 36.1 Å². The van der Waals surface area contributed by atoms with Gasteiger partial charge in [0.1, 0.15) is 0 Å². The maximum atomic E-state index is 11.7. The third-order valence-corrected chi connectivity index (χ3v) is 3.94. The zero-order chi connectivity index (χ0) is 15.7. The molecule has 1 N–H and O–H groups in total. The molecular formula is C18H18N2O2. The lowest BCUT2D eigenvalue weighted by atomic mass is 10.1. The molecule has 0 bridgehead atoms. The predicted molar refractivity (Wildman–Crippen MR) is 87.9 cm³/mol. The van der Waals surface area contributed by atoms with Gasteiger partial charge in [-0.25, -0.2) is 0 Å². The fraction of sp³-hybridized carbons (Fsp3) is 0.222. The van der Waals surface area contributed by atoms with Gasteiger partial charge < -0.3 is 10.2 Å². The second-order valence-electron chi connectivity index (χ2n) is 5.49. The fourth-order valence-electron chi connectivity index (χ4n) is 2.86. The van der Waals surface area contributed by atoms with E-state index in [2.05, 4.69) is 11.4 Å². The van der Waals surface area contributed by atoms with Gasteiger partial charge in [-0.05, 0) is 49.2 Å². The molecule has 0 aromatic heterocycles. The summed E-state index contributed by atoms with van der Waals surface area (Å²) in [5.74, 6) is 0.105. The van der Waals surface area contributed by atoms with E-state index in [0.717, 1.165) is 35.6 Å². The van der Waals surface area contributed by atoms with Crippen LogP contribution in [0.25, 0.3) is 0 Å². The van der Waals surface area contributed by atoms with Crippen molar-refractivity contribution in [3.8, 4) is 0 Å². The van der Waals surface area contributed by atoms with Gasteiger partial charge in [-0.15, -0.1) is 0 Å². The van der Waals surface area contributed by atoms with Crippen molar-refractivity contribution in [2.45, 2.75) is 20.3 Å². The van der Waals surface area contributed by atoms with E-state index in [0.29, 0.717) is 5.56 Å². The minimum absolute atomic E-state index is 0.0343. The standard InChI is InChI=1S/C18H18N2O2/c1-12(21)16-5-3-4-6-17(16)19-15-7-8-18-14(11-15)9-10-20(18)13(2)22/h3-8,11,19H,9-10H2,1-2H3. The van der Waals surface area contributed by atoms with E-state index in [1.54, 1.807) is 18.7 Å². The number of Topliss-reactive ketones (excluding diaryl/α,β-unsaturated/α-hetero) is 1. The summed E-state index contributed by atoms with van der Waals surface area (Å²) < 4.78 is 0. The molecule has 0 atom stereocenters. The highest BCUT2D eigenvalue weighted by molar-refractivity contribution is 6.00. The average molecular weight is 294 g/mol. The van der Waals surface area contributed by atoms with Crippen molar-refractivity contribution in [3.63, 3.8) is 0 Å². The van der Waals surface area contributed by atoms with Crippen molar-refractivity contribution in [1.82, 2.24) is 0 Å². The Morgan fingerprint density at radius 1 is 1.09 bits per heavy atom. The summed E-state index contributed by atoms with van der Waals surface area (Å²) in [5.41, 5.74) is 4.54. The number of amides is 1. The Labute approximate surface area is 129 Å². The van der Waals surface area contributed by atoms with Gasteiger partial charge in [-0.2, -0.15) is 0 Å². The lowest BCUT2D eigenvalue weighted by molar-refractivity contribution is -0.116. The van der Waals surface area contributed by atoms with E-state index in [9.17, 15) is 9.59 Å². The van der Waals surface area contributed by atoms with Crippen molar-refractivity contribution in [3.05, 3.63) is 53.6 Å². The summed E-state index contributed by atoms with van der Waals surface area (Å²) in [4.78, 5) is 25.0. The highest BCUT2D eigenvalue weighted by atomic mass is 16.2. The number of anilines is 3. The largest absolute Gasteiger partial charge is 0.355 e. The zero-order valence-electron chi connectivity index (χ0n) is 12.7. The van der Waals surface area contributed by atoms with E-state index in [1.807, 2.05) is 36.4 Å². The maximum absolute atomic E-state index is 11.7. The quantitative estimate of drug-likeness (QED) is 0.881. The van der Waals surface area contributed by atoms with Gasteiger partial charge in [0.25, 0.3) is 0 Å². The molecule has 0 radical (unpaired) electrons. The van der Waals surface area contributed by atoms with Gasteiger partial charge >= 0.3 is 0 Å². The number of fused-ring (bicyclic) bond motifs is 1. The number of ketones is 1. The Bertz CT molecular complexity index is 753. The number of benzene rings is 2. The molecule has 1 aliphatic heterocycles. The normalized spacial score (nSPS) is 12.9. The smallest absolute Gasteiger partial charge is 0.223 e. The first-order chi connectivity index (χ1) is 10.6. The molecule has 0 aliphatic carbocycles. The summed E-state index contributed by atoms with van der Waals surface area (Å²) in [5, 5.41) is 3.30. The summed E-state index contributed by atoms with van der Waals surface area (Å²) >= 11 is 0. The van der Waals surface area contributed by atoms with Crippen LogP contribution in [-0.4, -0.2) is 18.2 Å². The molecule has 112 valence electrons. The van der Waals surface area contributed by atoms with E-state index in [4.69, 9.17) is 0 Å². The first-order valence-electron chi connectivity index (χ1n) is 7.34. The van der Waals surface area contributed by atoms with Crippen LogP contribution in [0.2, 0.25) is 0 Å². The van der Waals surface area contributed by atoms with Crippen molar-refractivity contribution in [1.29, 1.82) is 0 Å². The second-order valence-corrected chi connectivity index (χ2v) is 5.49. The minimum atomic E-state index is 0.0343. The van der Waals surface area contributed by atoms with Crippen LogP contribution in [0.3, 0.4) is 0 Å². The molecule has 2 aromatic rings. The van der Waals surface area contributed by atoms with Crippen molar-refractivity contribution in [2.75, 3.05) is 16.8 Å². The van der Waals surface area contributed by atoms with E-state index < -0.39 is 0 Å². The number of para-hydroxylation sites is 1. The number of nitrogens with zero attached hydrogens (tertiary/aromatic N) is 1. The van der Waals surface area contributed by atoms with Crippen LogP contribution in [0.1, 0.15) is 29.8 Å². The number of nitrogens with one attached hydrogen (secondary N) is 1. The van der Waals surface area contributed by atoms with Gasteiger partial charge in [0.2, 0.25) is 5.91 Å². The molecule has 1 aliphatic rings. The zero-order valence-corrected chi connectivity index (χ0v) is 12.7. The topological polar surface area (TPSA) is 49.4 Å². The summed E-state index contributed by atoms with van der Waals surface area (Å²) in [6, 6.07) is 13.4. The summed E-state index contributed by atoms with van der Waals surface area (Å²) in [6.45, 7) is 3.89. The SMILES string of the molecule is CC(=O)c1ccccc1Nc1ccc2c(c1)CCN2C(C)=O. The third-order valence-electron chi connectivity index (χ3n) is 3.94. The molecule has 0 spiro atoms. The highest BCUT2D eigenvalue weighted by Crippen LogP contribution is 2.32. The van der Waals surface area contributed by atoms with E-state index >= 15 is 0 Å². The third kappa shape index (κ3) is 2.60. The lowest BCUT2D eigenvalue weighted by Crippen LogP contribution is -2.25. The molecule has 4 heteroatoms. The molecule has 3 rings (SSSR count). The molecule has 4 nitrogen and oxygen atoms in total. The molecule has 2 aromatic carbocycles. The van der Waals surface area contributed by atoms with Crippen LogP contribution < -0.4 is 10.2 Å². The minimum Gasteiger partial charge on any atom is -0.355 e. The van der Waals surface area contributed by atoms with Gasteiger partial charge in [0.15, 0.2) is 5.78 Å². The van der Waals surface area contributed by atoms with Crippen LogP contribution in [0.5, 0.6) is 0 Å². The summed E-state index contributed by atoms with van der Waals surface area (Å²) in [6.07, 6.45) is 0.860. The van der Waals surface area contributed by atoms with Crippen molar-refractivity contribution < 1.29 is 9.59 Å². The Morgan fingerprint density at radius 3 is 2.59 bits per heavy atom. The molecule has 0 fully saturated rings. The van der Waals surface area contributed by atoms with Crippen LogP contribution in [0.15, 0.2) is 42.5 Å². The first-order valence-corrected chi connectivity index (χ1v) is 7.34. The maximum Gasteiger partial charge on any atom is 0.223 e. The molecule has 22 heavy (non-hydrogen) atoms. The van der Waals surface area contributed by atoms with Crippen LogP contribution in [0, 0.1) is 0 Å². The lowest BCUT2D eigenvalue weighted by Gasteiger charge is -2.15. The Balaban J connectivity index is 1.90. The van der Waals surface area contributed by atoms with Crippen LogP contribution >= 0.6 is 0 Å². The van der Waals surface area contributed by atoms with Crippen LogP contribution in [-0.2, 0) is 11.2 Å². The van der Waals surface area contributed by atoms with Crippen LogP contribution in [0.4, 0.5) is 17.1 Å². The van der Waals surface area contributed by atoms with Gasteiger partial charge in [-0.1, -0.05) is 12.1 Å². The molecule has 0 unspecified atom stereocenters. The monoisotopic (exact) mass is 294 g/mol. The van der Waals surface area contributed by atoms with E-state index in [1.165, 1.54) is 0 Å². The Morgan fingerprint density at radius 2 is 1.86 bits per heavy atom. The second kappa shape index (κ2) is 5.64. The molecule has 0 saturated carbocycles. The van der Waals surface area contributed by atoms with Crippen molar-refractivity contribution >= 4 is 28.8 Å². The Kier molecular flexibility index (Phi) is 3.67. The fourth-order valence-corrected chi connectivity index (χ4v) is 2.86. The summed E-state index contributed by atoms with van der Waals surface area (Å²) in [7, 11) is 0. The highest BCUT2D eigenvalue weighted by Gasteiger charge is 2.22. The molecular weight excluding hydrogens is 276 g/mol. The van der Waals surface area contributed by atoms with Gasteiger partial charge in [-0.3, -0.25) is 9.59 Å². The van der Waals surface area contributed by atoms with E-state index in [-0.39, 0.29) is 11.7 Å². The van der Waals surface area contributed by atoms with Gasteiger partial charge in [0.05, 0.1) is 0 Å². The molecule has 1 amide bonds. The average Bonchev–Trinajstić information content (AvgIpc) is 2.91.